The third-order valence-electron chi connectivity index (χ3n) is 2.49. The van der Waals surface area contributed by atoms with Gasteiger partial charge in [0.15, 0.2) is 5.16 Å². The Morgan fingerprint density at radius 3 is 3.00 bits per heavy atom. The van der Waals surface area contributed by atoms with E-state index in [9.17, 15) is 5.26 Å². The van der Waals surface area contributed by atoms with Crippen LogP contribution in [0.2, 0.25) is 0 Å². The number of nitrogens with zero attached hydrogens (tertiary/aromatic N) is 2. The summed E-state index contributed by atoms with van der Waals surface area (Å²) in [6, 6.07) is 2.37. The van der Waals surface area contributed by atoms with E-state index in [0.717, 1.165) is 24.5 Å². The second-order valence-electron chi connectivity index (χ2n) is 4.40. The first-order valence-corrected chi connectivity index (χ1v) is 6.80. The maximum atomic E-state index is 9.24. The van der Waals surface area contributed by atoms with Gasteiger partial charge in [0.25, 0.3) is 0 Å². The molecule has 1 heterocycles. The number of aromatic amines is 1. The SMILES string of the molecule is CCCNC(C)(C#N)CC(C)Sc1ncc[nH]1. The van der Waals surface area contributed by atoms with Crippen LogP contribution in [0, 0.1) is 11.3 Å². The highest BCUT2D eigenvalue weighted by atomic mass is 32.2. The van der Waals surface area contributed by atoms with E-state index >= 15 is 0 Å². The van der Waals surface area contributed by atoms with E-state index < -0.39 is 5.54 Å². The first kappa shape index (κ1) is 14.1. The van der Waals surface area contributed by atoms with E-state index in [1.807, 2.05) is 13.1 Å². The summed E-state index contributed by atoms with van der Waals surface area (Å²) in [6.45, 7) is 7.06. The first-order chi connectivity index (χ1) is 8.09. The average Bonchev–Trinajstić information content (AvgIpc) is 2.79. The molecule has 0 aliphatic carbocycles. The van der Waals surface area contributed by atoms with E-state index in [1.54, 1.807) is 18.0 Å². The molecule has 17 heavy (non-hydrogen) atoms. The maximum Gasteiger partial charge on any atom is 0.165 e. The van der Waals surface area contributed by atoms with E-state index in [-0.39, 0.29) is 0 Å². The summed E-state index contributed by atoms with van der Waals surface area (Å²) in [6.07, 6.45) is 5.40. The molecule has 0 saturated heterocycles. The van der Waals surface area contributed by atoms with Crippen LogP contribution < -0.4 is 5.32 Å². The molecule has 0 aromatic carbocycles. The zero-order chi connectivity index (χ0) is 12.7. The molecular formula is C12H20N4S. The van der Waals surface area contributed by atoms with Crippen molar-refractivity contribution in [1.82, 2.24) is 15.3 Å². The lowest BCUT2D eigenvalue weighted by Gasteiger charge is -2.25. The van der Waals surface area contributed by atoms with Crippen LogP contribution in [0.5, 0.6) is 0 Å². The van der Waals surface area contributed by atoms with Gasteiger partial charge in [-0.25, -0.2) is 4.98 Å². The Morgan fingerprint density at radius 1 is 1.71 bits per heavy atom. The number of H-pyrrole nitrogens is 1. The molecule has 0 spiro atoms. The lowest BCUT2D eigenvalue weighted by Crippen LogP contribution is -2.43. The molecule has 0 aliphatic rings. The third kappa shape index (κ3) is 4.80. The monoisotopic (exact) mass is 252 g/mol. The van der Waals surface area contributed by atoms with Gasteiger partial charge >= 0.3 is 0 Å². The van der Waals surface area contributed by atoms with Crippen molar-refractivity contribution in [3.8, 4) is 6.07 Å². The van der Waals surface area contributed by atoms with Gasteiger partial charge in [-0.3, -0.25) is 5.32 Å². The van der Waals surface area contributed by atoms with E-state index in [4.69, 9.17) is 0 Å². The molecule has 1 aromatic heterocycles. The summed E-state index contributed by atoms with van der Waals surface area (Å²) < 4.78 is 0. The standard InChI is InChI=1S/C12H20N4S/c1-4-5-16-12(3,9-13)8-10(2)17-11-14-6-7-15-11/h6-7,10,16H,4-5,8H2,1-3H3,(H,14,15). The zero-order valence-corrected chi connectivity index (χ0v) is 11.5. The minimum absolute atomic E-state index is 0.343. The molecule has 0 amide bonds. The van der Waals surface area contributed by atoms with Gasteiger partial charge in [-0.15, -0.1) is 0 Å². The number of hydrogen-bond acceptors (Lipinski definition) is 4. The normalized spacial score (nSPS) is 16.1. The Labute approximate surface area is 107 Å². The van der Waals surface area contributed by atoms with Crippen molar-refractivity contribution < 1.29 is 0 Å². The van der Waals surface area contributed by atoms with Gasteiger partial charge in [0.2, 0.25) is 0 Å². The number of nitriles is 1. The Bertz CT molecular complexity index is 357. The maximum absolute atomic E-state index is 9.24. The van der Waals surface area contributed by atoms with Crippen molar-refractivity contribution in [3.05, 3.63) is 12.4 Å². The molecule has 0 aliphatic heterocycles. The van der Waals surface area contributed by atoms with Gasteiger partial charge < -0.3 is 4.98 Å². The molecule has 2 N–H and O–H groups in total. The van der Waals surface area contributed by atoms with E-state index in [1.165, 1.54) is 0 Å². The van der Waals surface area contributed by atoms with Gasteiger partial charge in [-0.2, -0.15) is 5.26 Å². The fraction of sp³-hybridized carbons (Fsp3) is 0.667. The van der Waals surface area contributed by atoms with Crippen LogP contribution in [-0.2, 0) is 0 Å². The third-order valence-corrected chi connectivity index (χ3v) is 3.51. The van der Waals surface area contributed by atoms with E-state index in [0.29, 0.717) is 5.25 Å². The topological polar surface area (TPSA) is 64.5 Å². The van der Waals surface area contributed by atoms with Crippen LogP contribution in [0.3, 0.4) is 0 Å². The number of rotatable bonds is 7. The molecule has 0 fully saturated rings. The Balaban J connectivity index is 2.47. The van der Waals surface area contributed by atoms with Crippen molar-refractivity contribution in [2.45, 2.75) is 49.6 Å². The molecule has 0 bridgehead atoms. The second-order valence-corrected chi connectivity index (χ2v) is 5.82. The summed E-state index contributed by atoms with van der Waals surface area (Å²) in [5.74, 6) is 0. The van der Waals surface area contributed by atoms with Gasteiger partial charge in [0.05, 0.1) is 6.07 Å². The van der Waals surface area contributed by atoms with Gasteiger partial charge in [-0.1, -0.05) is 25.6 Å². The van der Waals surface area contributed by atoms with Crippen LogP contribution in [0.4, 0.5) is 0 Å². The summed E-state index contributed by atoms with van der Waals surface area (Å²) in [5.41, 5.74) is -0.449. The quantitative estimate of drug-likeness (QED) is 0.732. The van der Waals surface area contributed by atoms with Gasteiger partial charge in [0, 0.05) is 17.6 Å². The number of nitrogens with one attached hydrogen (secondary N) is 2. The molecule has 5 heteroatoms. The Hall–Kier alpha value is -0.990. The minimum Gasteiger partial charge on any atom is -0.340 e. The number of thioether (sulfide) groups is 1. The fourth-order valence-corrected chi connectivity index (χ4v) is 2.74. The predicted molar refractivity (Wildman–Crippen MR) is 70.8 cm³/mol. The zero-order valence-electron chi connectivity index (χ0n) is 10.7. The molecule has 0 saturated carbocycles. The lowest BCUT2D eigenvalue weighted by atomic mass is 9.98. The molecule has 0 radical (unpaired) electrons. The van der Waals surface area contributed by atoms with Gasteiger partial charge in [-0.05, 0) is 26.3 Å². The largest absolute Gasteiger partial charge is 0.340 e. The number of aromatic nitrogens is 2. The Morgan fingerprint density at radius 2 is 2.47 bits per heavy atom. The Kier molecular flexibility index (Phi) is 5.52. The molecule has 1 rings (SSSR count). The van der Waals surface area contributed by atoms with Crippen molar-refractivity contribution >= 4 is 11.8 Å². The molecule has 2 unspecified atom stereocenters. The average molecular weight is 252 g/mol. The smallest absolute Gasteiger partial charge is 0.165 e. The fourth-order valence-electron chi connectivity index (χ4n) is 1.68. The van der Waals surface area contributed by atoms with Crippen LogP contribution in [0.1, 0.15) is 33.6 Å². The number of hydrogen-bond donors (Lipinski definition) is 2. The summed E-state index contributed by atoms with van der Waals surface area (Å²) in [7, 11) is 0. The highest BCUT2D eigenvalue weighted by Crippen LogP contribution is 2.25. The summed E-state index contributed by atoms with van der Waals surface area (Å²) >= 11 is 1.67. The molecular weight excluding hydrogens is 232 g/mol. The molecule has 2 atom stereocenters. The van der Waals surface area contributed by atoms with Crippen molar-refractivity contribution in [2.75, 3.05) is 6.54 Å². The van der Waals surface area contributed by atoms with Gasteiger partial charge in [0.1, 0.15) is 5.54 Å². The molecule has 94 valence electrons. The van der Waals surface area contributed by atoms with Crippen LogP contribution in [0.15, 0.2) is 17.6 Å². The summed E-state index contributed by atoms with van der Waals surface area (Å²) in [5, 5.41) is 13.8. The second kappa shape index (κ2) is 6.67. The first-order valence-electron chi connectivity index (χ1n) is 5.92. The van der Waals surface area contributed by atoms with Crippen molar-refractivity contribution in [3.63, 3.8) is 0 Å². The highest BCUT2D eigenvalue weighted by Gasteiger charge is 2.26. The van der Waals surface area contributed by atoms with Crippen LogP contribution in [0.25, 0.3) is 0 Å². The minimum atomic E-state index is -0.449. The van der Waals surface area contributed by atoms with Crippen molar-refractivity contribution in [1.29, 1.82) is 5.26 Å². The van der Waals surface area contributed by atoms with Crippen LogP contribution in [-0.4, -0.2) is 27.3 Å². The highest BCUT2D eigenvalue weighted by molar-refractivity contribution is 7.99. The molecule has 1 aromatic rings. The number of imidazole rings is 1. The van der Waals surface area contributed by atoms with Crippen LogP contribution >= 0.6 is 11.8 Å². The molecule has 4 nitrogen and oxygen atoms in total. The summed E-state index contributed by atoms with van der Waals surface area (Å²) in [4.78, 5) is 7.24. The lowest BCUT2D eigenvalue weighted by molar-refractivity contribution is 0.418. The predicted octanol–water partition coefficient (Wildman–Crippen LogP) is 2.56. The van der Waals surface area contributed by atoms with E-state index in [2.05, 4.69) is 35.2 Å². The van der Waals surface area contributed by atoms with Crippen molar-refractivity contribution in [2.24, 2.45) is 0 Å².